The molecule has 4 nitrogen and oxygen atoms in total. The fourth-order valence-corrected chi connectivity index (χ4v) is 2.50. The van der Waals surface area contributed by atoms with E-state index in [1.54, 1.807) is 7.11 Å². The summed E-state index contributed by atoms with van der Waals surface area (Å²) in [5.41, 5.74) is 1.79. The Morgan fingerprint density at radius 2 is 1.95 bits per heavy atom. The lowest BCUT2D eigenvalue weighted by molar-refractivity contribution is 0.0613. The minimum Gasteiger partial charge on any atom is -0.388 e. The van der Waals surface area contributed by atoms with Gasteiger partial charge in [0.15, 0.2) is 0 Å². The molecular weight excluding hydrogens is 240 g/mol. The molecule has 0 saturated carbocycles. The standard InChI is InChI=1S/C15H22N2O2/c1-16-14-5-3-13(4-6-14)15(18)17-9-7-12(8-10-17)11-19-2/h3-6,12,16H,7-11H2,1-2H3. The largest absolute Gasteiger partial charge is 0.388 e. The van der Waals surface area contributed by atoms with Gasteiger partial charge in [-0.05, 0) is 43.0 Å². The fourth-order valence-electron chi connectivity index (χ4n) is 2.50. The van der Waals surface area contributed by atoms with Gasteiger partial charge in [-0.2, -0.15) is 0 Å². The van der Waals surface area contributed by atoms with Gasteiger partial charge in [0.1, 0.15) is 0 Å². The van der Waals surface area contributed by atoms with Crippen LogP contribution in [0.3, 0.4) is 0 Å². The van der Waals surface area contributed by atoms with Gasteiger partial charge in [0.05, 0.1) is 0 Å². The predicted octanol–water partition coefficient (Wildman–Crippen LogP) is 2.23. The first-order chi connectivity index (χ1) is 9.24. The highest BCUT2D eigenvalue weighted by Gasteiger charge is 2.23. The first kappa shape index (κ1) is 13.9. The average molecular weight is 262 g/mol. The number of benzene rings is 1. The first-order valence-corrected chi connectivity index (χ1v) is 6.80. The van der Waals surface area contributed by atoms with E-state index in [0.717, 1.165) is 43.8 Å². The van der Waals surface area contributed by atoms with Crippen molar-refractivity contribution in [2.24, 2.45) is 5.92 Å². The number of ether oxygens (including phenoxy) is 1. The minimum atomic E-state index is 0.138. The number of likely N-dealkylation sites (tertiary alicyclic amines) is 1. The lowest BCUT2D eigenvalue weighted by atomic mass is 9.97. The van der Waals surface area contributed by atoms with E-state index in [1.165, 1.54) is 0 Å². The maximum Gasteiger partial charge on any atom is 0.253 e. The van der Waals surface area contributed by atoms with E-state index in [9.17, 15) is 4.79 Å². The van der Waals surface area contributed by atoms with Gasteiger partial charge >= 0.3 is 0 Å². The van der Waals surface area contributed by atoms with E-state index in [0.29, 0.717) is 5.92 Å². The second kappa shape index (κ2) is 6.57. The molecule has 1 aromatic carbocycles. The maximum atomic E-state index is 12.3. The Morgan fingerprint density at radius 1 is 1.32 bits per heavy atom. The van der Waals surface area contributed by atoms with Crippen molar-refractivity contribution in [2.75, 3.05) is 39.2 Å². The summed E-state index contributed by atoms with van der Waals surface area (Å²) < 4.78 is 5.18. The van der Waals surface area contributed by atoms with Crippen molar-refractivity contribution in [1.82, 2.24) is 4.90 Å². The second-order valence-electron chi connectivity index (χ2n) is 5.02. The molecule has 0 radical (unpaired) electrons. The topological polar surface area (TPSA) is 41.6 Å². The Bertz CT molecular complexity index is 409. The number of methoxy groups -OCH3 is 1. The van der Waals surface area contributed by atoms with Crippen LogP contribution in [0.15, 0.2) is 24.3 Å². The number of carbonyl (C=O) groups is 1. The van der Waals surface area contributed by atoms with E-state index in [1.807, 2.05) is 36.2 Å². The van der Waals surface area contributed by atoms with Crippen LogP contribution in [-0.4, -0.2) is 44.7 Å². The zero-order valence-electron chi connectivity index (χ0n) is 11.7. The molecule has 0 aliphatic carbocycles. The van der Waals surface area contributed by atoms with E-state index in [2.05, 4.69) is 5.32 Å². The van der Waals surface area contributed by atoms with Gasteiger partial charge in [-0.1, -0.05) is 0 Å². The van der Waals surface area contributed by atoms with Crippen LogP contribution >= 0.6 is 0 Å². The highest BCUT2D eigenvalue weighted by Crippen LogP contribution is 2.19. The number of carbonyl (C=O) groups excluding carboxylic acids is 1. The van der Waals surface area contributed by atoms with Crippen LogP contribution in [0.2, 0.25) is 0 Å². The van der Waals surface area contributed by atoms with E-state index < -0.39 is 0 Å². The molecule has 1 aliphatic heterocycles. The molecule has 1 heterocycles. The molecule has 0 unspecified atom stereocenters. The fraction of sp³-hybridized carbons (Fsp3) is 0.533. The van der Waals surface area contributed by atoms with Crippen molar-refractivity contribution in [3.63, 3.8) is 0 Å². The number of nitrogens with one attached hydrogen (secondary N) is 1. The van der Waals surface area contributed by atoms with Crippen LogP contribution in [0, 0.1) is 5.92 Å². The number of hydrogen-bond donors (Lipinski definition) is 1. The maximum absolute atomic E-state index is 12.3. The summed E-state index contributed by atoms with van der Waals surface area (Å²) in [6.45, 7) is 2.47. The Hall–Kier alpha value is -1.55. The van der Waals surface area contributed by atoms with Crippen LogP contribution in [0.1, 0.15) is 23.2 Å². The lowest BCUT2D eigenvalue weighted by Gasteiger charge is -2.31. The summed E-state index contributed by atoms with van der Waals surface area (Å²) in [5.74, 6) is 0.735. The third-order valence-corrected chi connectivity index (χ3v) is 3.72. The van der Waals surface area contributed by atoms with Crippen LogP contribution in [0.4, 0.5) is 5.69 Å². The molecule has 4 heteroatoms. The van der Waals surface area contributed by atoms with Crippen molar-refractivity contribution < 1.29 is 9.53 Å². The molecule has 1 aromatic rings. The molecule has 104 valence electrons. The van der Waals surface area contributed by atoms with E-state index >= 15 is 0 Å². The van der Waals surface area contributed by atoms with Crippen LogP contribution in [-0.2, 0) is 4.74 Å². The third kappa shape index (κ3) is 3.47. The summed E-state index contributed by atoms with van der Waals surface area (Å²) in [6, 6.07) is 7.64. The van der Waals surface area contributed by atoms with Crippen LogP contribution in [0.25, 0.3) is 0 Å². The Morgan fingerprint density at radius 3 is 2.47 bits per heavy atom. The molecule has 19 heavy (non-hydrogen) atoms. The first-order valence-electron chi connectivity index (χ1n) is 6.80. The summed E-state index contributed by atoms with van der Waals surface area (Å²) >= 11 is 0. The van der Waals surface area contributed by atoms with Crippen molar-refractivity contribution in [3.05, 3.63) is 29.8 Å². The van der Waals surface area contributed by atoms with Gasteiger partial charge in [0.2, 0.25) is 0 Å². The highest BCUT2D eigenvalue weighted by molar-refractivity contribution is 5.94. The summed E-state index contributed by atoms with van der Waals surface area (Å²) in [4.78, 5) is 14.3. The third-order valence-electron chi connectivity index (χ3n) is 3.72. The molecule has 0 bridgehead atoms. The van der Waals surface area contributed by atoms with E-state index in [4.69, 9.17) is 4.74 Å². The number of rotatable bonds is 4. The number of amides is 1. The van der Waals surface area contributed by atoms with Gasteiger partial charge in [-0.25, -0.2) is 0 Å². The quantitative estimate of drug-likeness (QED) is 0.904. The second-order valence-corrected chi connectivity index (χ2v) is 5.02. The molecular formula is C15H22N2O2. The van der Waals surface area contributed by atoms with Crippen molar-refractivity contribution in [3.8, 4) is 0 Å². The van der Waals surface area contributed by atoms with Gasteiger partial charge < -0.3 is 15.0 Å². The van der Waals surface area contributed by atoms with Gasteiger partial charge in [0.25, 0.3) is 5.91 Å². The molecule has 0 spiro atoms. The minimum absolute atomic E-state index is 0.138. The summed E-state index contributed by atoms with van der Waals surface area (Å²) in [7, 11) is 3.61. The molecule has 1 saturated heterocycles. The summed E-state index contributed by atoms with van der Waals surface area (Å²) in [6.07, 6.45) is 2.07. The zero-order valence-corrected chi connectivity index (χ0v) is 11.7. The molecule has 0 aromatic heterocycles. The SMILES string of the molecule is CNc1ccc(C(=O)N2CCC(COC)CC2)cc1. The Kier molecular flexibility index (Phi) is 4.80. The van der Waals surface area contributed by atoms with Gasteiger partial charge in [0, 0.05) is 45.1 Å². The molecule has 1 fully saturated rings. The molecule has 0 atom stereocenters. The van der Waals surface area contributed by atoms with Crippen molar-refractivity contribution >= 4 is 11.6 Å². The normalized spacial score (nSPS) is 16.4. The number of piperidine rings is 1. The lowest BCUT2D eigenvalue weighted by Crippen LogP contribution is -2.39. The van der Waals surface area contributed by atoms with Crippen molar-refractivity contribution in [2.45, 2.75) is 12.8 Å². The molecule has 2 rings (SSSR count). The number of hydrogen-bond acceptors (Lipinski definition) is 3. The highest BCUT2D eigenvalue weighted by atomic mass is 16.5. The monoisotopic (exact) mass is 262 g/mol. The molecule has 1 N–H and O–H groups in total. The predicted molar refractivity (Wildman–Crippen MR) is 76.5 cm³/mol. The Labute approximate surface area is 114 Å². The van der Waals surface area contributed by atoms with Crippen molar-refractivity contribution in [1.29, 1.82) is 0 Å². The number of nitrogens with zero attached hydrogens (tertiary/aromatic N) is 1. The Balaban J connectivity index is 1.93. The molecule has 1 amide bonds. The molecule has 1 aliphatic rings. The van der Waals surface area contributed by atoms with E-state index in [-0.39, 0.29) is 5.91 Å². The summed E-state index contributed by atoms with van der Waals surface area (Å²) in [5, 5.41) is 3.05. The zero-order chi connectivity index (χ0) is 13.7. The van der Waals surface area contributed by atoms with Gasteiger partial charge in [-0.15, -0.1) is 0 Å². The average Bonchev–Trinajstić information content (AvgIpc) is 2.48. The number of anilines is 1. The van der Waals surface area contributed by atoms with Gasteiger partial charge in [-0.3, -0.25) is 4.79 Å². The van der Waals surface area contributed by atoms with Crippen LogP contribution in [0.5, 0.6) is 0 Å². The van der Waals surface area contributed by atoms with Crippen LogP contribution < -0.4 is 5.32 Å². The smallest absolute Gasteiger partial charge is 0.253 e.